The van der Waals surface area contributed by atoms with Gasteiger partial charge >= 0.3 is 0 Å². The molecule has 0 N–H and O–H groups in total. The van der Waals surface area contributed by atoms with Gasteiger partial charge in [-0.25, -0.2) is 13.4 Å². The molecule has 0 bridgehead atoms. The molecular weight excluding hydrogens is 296 g/mol. The van der Waals surface area contributed by atoms with Crippen LogP contribution in [0.15, 0.2) is 29.2 Å². The Balaban J connectivity index is 2.63. The zero-order valence-electron chi connectivity index (χ0n) is 11.7. The number of aromatic nitrogens is 1. The summed E-state index contributed by atoms with van der Waals surface area (Å²) in [6, 6.07) is 6.68. The predicted molar refractivity (Wildman–Crippen MR) is 81.6 cm³/mol. The van der Waals surface area contributed by atoms with E-state index in [9.17, 15) is 8.42 Å². The topological polar surface area (TPSA) is 50.3 Å². The molecule has 0 amide bonds. The first-order valence-corrected chi connectivity index (χ1v) is 8.29. The summed E-state index contributed by atoms with van der Waals surface area (Å²) in [5, 5.41) is 1.22. The summed E-state index contributed by atoms with van der Waals surface area (Å²) in [7, 11) is -3.45. The lowest BCUT2D eigenvalue weighted by Gasteiger charge is -2.18. The fourth-order valence-corrected chi connectivity index (χ4v) is 3.94. The Labute approximate surface area is 124 Å². The average Bonchev–Trinajstić information content (AvgIpc) is 2.39. The van der Waals surface area contributed by atoms with Gasteiger partial charge in [-0.3, -0.25) is 0 Å². The van der Waals surface area contributed by atoms with Gasteiger partial charge in [-0.2, -0.15) is 4.31 Å². The number of aryl methyl sites for hydroxylation is 1. The van der Waals surface area contributed by atoms with Crippen molar-refractivity contribution in [2.24, 2.45) is 0 Å². The Bertz CT molecular complexity index is 740. The zero-order chi connectivity index (χ0) is 14.9. The molecule has 20 heavy (non-hydrogen) atoms. The normalized spacial score (nSPS) is 12.2. The van der Waals surface area contributed by atoms with E-state index in [1.54, 1.807) is 24.3 Å². The average molecular weight is 313 g/mol. The van der Waals surface area contributed by atoms with E-state index in [-0.39, 0.29) is 0 Å². The highest BCUT2D eigenvalue weighted by Crippen LogP contribution is 2.25. The third-order valence-corrected chi connectivity index (χ3v) is 5.54. The highest BCUT2D eigenvalue weighted by Gasteiger charge is 2.22. The van der Waals surface area contributed by atoms with E-state index in [1.807, 2.05) is 20.8 Å². The highest BCUT2D eigenvalue weighted by molar-refractivity contribution is 7.89. The van der Waals surface area contributed by atoms with Crippen LogP contribution < -0.4 is 0 Å². The van der Waals surface area contributed by atoms with E-state index in [1.165, 1.54) is 4.31 Å². The molecule has 0 aliphatic carbocycles. The van der Waals surface area contributed by atoms with Crippen molar-refractivity contribution in [3.8, 4) is 0 Å². The maximum atomic E-state index is 12.5. The Kier molecular flexibility index (Phi) is 4.32. The first-order valence-electron chi connectivity index (χ1n) is 6.47. The minimum atomic E-state index is -3.45. The van der Waals surface area contributed by atoms with E-state index in [0.717, 1.165) is 10.9 Å². The summed E-state index contributed by atoms with van der Waals surface area (Å²) in [5.74, 6) is 0. The van der Waals surface area contributed by atoms with E-state index in [4.69, 9.17) is 11.6 Å². The maximum Gasteiger partial charge on any atom is 0.243 e. The third kappa shape index (κ3) is 2.66. The molecule has 0 radical (unpaired) electrons. The lowest BCUT2D eigenvalue weighted by molar-refractivity contribution is 0.445. The SMILES string of the molecule is CCN(CC)S(=O)(=O)c1ccc2nc(Cl)cc(C)c2c1. The van der Waals surface area contributed by atoms with Gasteiger partial charge in [-0.1, -0.05) is 25.4 Å². The fourth-order valence-electron chi connectivity index (χ4n) is 2.21. The molecular formula is C14H17ClN2O2S. The molecule has 2 rings (SSSR count). The molecule has 0 unspecified atom stereocenters. The molecule has 0 aliphatic heterocycles. The van der Waals surface area contributed by atoms with E-state index >= 15 is 0 Å². The van der Waals surface area contributed by atoms with Crippen molar-refractivity contribution in [2.75, 3.05) is 13.1 Å². The summed E-state index contributed by atoms with van der Waals surface area (Å²) < 4.78 is 26.4. The van der Waals surface area contributed by atoms with Gasteiger partial charge in [0.05, 0.1) is 10.4 Å². The molecule has 108 valence electrons. The van der Waals surface area contributed by atoms with Gasteiger partial charge in [-0.15, -0.1) is 0 Å². The van der Waals surface area contributed by atoms with Gasteiger partial charge in [-0.05, 0) is 36.8 Å². The van der Waals surface area contributed by atoms with Gasteiger partial charge in [0, 0.05) is 18.5 Å². The smallest absolute Gasteiger partial charge is 0.236 e. The van der Waals surface area contributed by atoms with Gasteiger partial charge in [0.2, 0.25) is 10.0 Å². The number of sulfonamides is 1. The zero-order valence-corrected chi connectivity index (χ0v) is 13.3. The van der Waals surface area contributed by atoms with Crippen LogP contribution in [0.4, 0.5) is 0 Å². The van der Waals surface area contributed by atoms with Crippen molar-refractivity contribution in [3.63, 3.8) is 0 Å². The molecule has 1 heterocycles. The van der Waals surface area contributed by atoms with Crippen LogP contribution in [-0.4, -0.2) is 30.8 Å². The number of pyridine rings is 1. The lowest BCUT2D eigenvalue weighted by atomic mass is 10.1. The Morgan fingerprint density at radius 1 is 1.20 bits per heavy atom. The number of nitrogens with zero attached hydrogens (tertiary/aromatic N) is 2. The quantitative estimate of drug-likeness (QED) is 0.814. The van der Waals surface area contributed by atoms with Crippen LogP contribution in [0.2, 0.25) is 5.15 Å². The molecule has 1 aromatic carbocycles. The first kappa shape index (κ1) is 15.2. The van der Waals surface area contributed by atoms with Crippen LogP contribution in [0.3, 0.4) is 0 Å². The summed E-state index contributed by atoms with van der Waals surface area (Å²) in [6.45, 7) is 6.45. The summed E-state index contributed by atoms with van der Waals surface area (Å²) in [4.78, 5) is 4.49. The number of benzene rings is 1. The van der Waals surface area contributed by atoms with Crippen LogP contribution in [-0.2, 0) is 10.0 Å². The lowest BCUT2D eigenvalue weighted by Crippen LogP contribution is -2.30. The van der Waals surface area contributed by atoms with Crippen LogP contribution >= 0.6 is 11.6 Å². The van der Waals surface area contributed by atoms with Crippen LogP contribution in [0, 0.1) is 6.92 Å². The largest absolute Gasteiger partial charge is 0.243 e. The second kappa shape index (κ2) is 5.68. The molecule has 2 aromatic rings. The highest BCUT2D eigenvalue weighted by atomic mass is 35.5. The molecule has 6 heteroatoms. The Morgan fingerprint density at radius 3 is 2.45 bits per heavy atom. The van der Waals surface area contributed by atoms with Crippen molar-refractivity contribution in [1.29, 1.82) is 0 Å². The second-order valence-electron chi connectivity index (χ2n) is 4.53. The molecule has 0 atom stereocenters. The van der Waals surface area contributed by atoms with E-state index in [0.29, 0.717) is 28.7 Å². The Hall–Kier alpha value is -1.17. The summed E-state index contributed by atoms with van der Waals surface area (Å²) in [5.41, 5.74) is 1.62. The van der Waals surface area contributed by atoms with Gasteiger partial charge in [0.25, 0.3) is 0 Å². The fraction of sp³-hybridized carbons (Fsp3) is 0.357. The minimum Gasteiger partial charge on any atom is -0.236 e. The predicted octanol–water partition coefficient (Wildman–Crippen LogP) is 3.23. The van der Waals surface area contributed by atoms with Gasteiger partial charge in [0.15, 0.2) is 0 Å². The molecule has 0 aliphatic rings. The van der Waals surface area contributed by atoms with Crippen molar-refractivity contribution < 1.29 is 8.42 Å². The number of fused-ring (bicyclic) bond motifs is 1. The van der Waals surface area contributed by atoms with E-state index in [2.05, 4.69) is 4.98 Å². The van der Waals surface area contributed by atoms with Crippen LogP contribution in [0.5, 0.6) is 0 Å². The molecule has 0 saturated heterocycles. The van der Waals surface area contributed by atoms with Crippen LogP contribution in [0.25, 0.3) is 10.9 Å². The minimum absolute atomic E-state index is 0.293. The van der Waals surface area contributed by atoms with E-state index < -0.39 is 10.0 Å². The summed E-state index contributed by atoms with van der Waals surface area (Å²) in [6.07, 6.45) is 0. The van der Waals surface area contributed by atoms with Gasteiger partial charge < -0.3 is 0 Å². The van der Waals surface area contributed by atoms with Crippen LogP contribution in [0.1, 0.15) is 19.4 Å². The first-order chi connectivity index (χ1) is 9.40. The maximum absolute atomic E-state index is 12.5. The molecule has 0 saturated carbocycles. The second-order valence-corrected chi connectivity index (χ2v) is 6.86. The summed E-state index contributed by atoms with van der Waals surface area (Å²) >= 11 is 5.91. The number of rotatable bonds is 4. The molecule has 0 fully saturated rings. The van der Waals surface area contributed by atoms with Crippen molar-refractivity contribution >= 4 is 32.5 Å². The number of halogens is 1. The molecule has 4 nitrogen and oxygen atoms in total. The van der Waals surface area contributed by atoms with Crippen molar-refractivity contribution in [3.05, 3.63) is 35.0 Å². The van der Waals surface area contributed by atoms with Gasteiger partial charge in [0.1, 0.15) is 5.15 Å². The molecule has 0 spiro atoms. The van der Waals surface area contributed by atoms with Crippen molar-refractivity contribution in [1.82, 2.24) is 9.29 Å². The number of hydrogen-bond acceptors (Lipinski definition) is 3. The monoisotopic (exact) mass is 312 g/mol. The van der Waals surface area contributed by atoms with Crippen molar-refractivity contribution in [2.45, 2.75) is 25.7 Å². The molecule has 1 aromatic heterocycles. The third-order valence-electron chi connectivity index (χ3n) is 3.30. The number of hydrogen-bond donors (Lipinski definition) is 0. The Morgan fingerprint density at radius 2 is 1.85 bits per heavy atom. The standard InChI is InChI=1S/C14H17ClN2O2S/c1-4-17(5-2)20(18,19)11-6-7-13-12(9-11)10(3)8-14(15)16-13/h6-9H,4-5H2,1-3H3.